The van der Waals surface area contributed by atoms with Gasteiger partial charge in [-0.1, -0.05) is 5.16 Å². The molecule has 0 aliphatic rings. The predicted molar refractivity (Wildman–Crippen MR) is 113 cm³/mol. The number of anilines is 1. The number of nitrogens with one attached hydrogen (secondary N) is 1. The highest BCUT2D eigenvalue weighted by atomic mass is 32.1. The number of aromatic nitrogens is 2. The molecule has 3 aromatic heterocycles. The van der Waals surface area contributed by atoms with Crippen LogP contribution in [0.15, 0.2) is 57.7 Å². The molecular formula is C21H17N3O7S. The van der Waals surface area contributed by atoms with Gasteiger partial charge in [-0.25, -0.2) is 4.79 Å². The van der Waals surface area contributed by atoms with Gasteiger partial charge < -0.3 is 28.5 Å². The molecule has 0 fully saturated rings. The zero-order valence-electron chi connectivity index (χ0n) is 17.0. The molecule has 164 valence electrons. The van der Waals surface area contributed by atoms with Gasteiger partial charge in [0, 0.05) is 5.56 Å². The van der Waals surface area contributed by atoms with Crippen molar-refractivity contribution in [1.29, 1.82) is 0 Å². The summed E-state index contributed by atoms with van der Waals surface area (Å²) < 4.78 is 25.9. The van der Waals surface area contributed by atoms with Crippen LogP contribution in [-0.2, 0) is 11.3 Å². The molecule has 0 saturated carbocycles. The van der Waals surface area contributed by atoms with E-state index in [0.717, 1.165) is 11.3 Å². The summed E-state index contributed by atoms with van der Waals surface area (Å²) in [7, 11) is 3.07. The Morgan fingerprint density at radius 2 is 1.94 bits per heavy atom. The molecule has 1 amide bonds. The van der Waals surface area contributed by atoms with Crippen molar-refractivity contribution in [2.24, 2.45) is 0 Å². The van der Waals surface area contributed by atoms with Crippen molar-refractivity contribution in [1.82, 2.24) is 10.1 Å². The van der Waals surface area contributed by atoms with Crippen LogP contribution < -0.4 is 14.8 Å². The number of hydrogen-bond donors (Lipinski definition) is 1. The Morgan fingerprint density at radius 3 is 2.69 bits per heavy atom. The molecule has 0 radical (unpaired) electrons. The highest BCUT2D eigenvalue weighted by Gasteiger charge is 2.17. The highest BCUT2D eigenvalue weighted by molar-refractivity contribution is 7.18. The number of ether oxygens (including phenoxy) is 3. The molecule has 0 saturated heterocycles. The summed E-state index contributed by atoms with van der Waals surface area (Å²) in [6.45, 7) is -0.203. The first-order valence-electron chi connectivity index (χ1n) is 9.24. The molecule has 10 nitrogen and oxygen atoms in total. The number of nitrogens with zero attached hydrogens (tertiary/aromatic N) is 2. The van der Waals surface area contributed by atoms with Gasteiger partial charge in [0.25, 0.3) is 11.8 Å². The number of amides is 1. The number of furan rings is 1. The minimum Gasteiger partial charge on any atom is -0.493 e. The van der Waals surface area contributed by atoms with Gasteiger partial charge in [0.1, 0.15) is 4.88 Å². The third-order valence-corrected chi connectivity index (χ3v) is 5.21. The van der Waals surface area contributed by atoms with E-state index in [2.05, 4.69) is 15.5 Å². The second-order valence-electron chi connectivity index (χ2n) is 6.25. The zero-order valence-corrected chi connectivity index (χ0v) is 17.8. The number of thiophene rings is 1. The van der Waals surface area contributed by atoms with Gasteiger partial charge in [0.2, 0.25) is 5.82 Å². The number of esters is 1. The molecule has 0 unspecified atom stereocenters. The molecule has 4 aromatic rings. The summed E-state index contributed by atoms with van der Waals surface area (Å²) in [5, 5.41) is 7.03. The molecule has 0 aliphatic carbocycles. The van der Waals surface area contributed by atoms with Crippen LogP contribution in [0.4, 0.5) is 5.00 Å². The maximum atomic E-state index is 12.3. The summed E-state index contributed by atoms with van der Waals surface area (Å²) >= 11 is 1.07. The van der Waals surface area contributed by atoms with E-state index in [1.54, 1.807) is 49.6 Å². The quantitative estimate of drug-likeness (QED) is 0.392. The average Bonchev–Trinajstić information content (AvgIpc) is 3.59. The third-order valence-electron chi connectivity index (χ3n) is 4.23. The van der Waals surface area contributed by atoms with E-state index in [9.17, 15) is 9.59 Å². The van der Waals surface area contributed by atoms with Gasteiger partial charge in [-0.05, 0) is 42.5 Å². The fourth-order valence-corrected chi connectivity index (χ4v) is 3.50. The predicted octanol–water partition coefficient (Wildman–Crippen LogP) is 4.02. The van der Waals surface area contributed by atoms with Crippen LogP contribution in [0.1, 0.15) is 26.1 Å². The van der Waals surface area contributed by atoms with Crippen molar-refractivity contribution in [3.8, 4) is 22.9 Å². The highest BCUT2D eigenvalue weighted by Crippen LogP contribution is 2.31. The largest absolute Gasteiger partial charge is 0.493 e. The number of benzene rings is 1. The van der Waals surface area contributed by atoms with Crippen molar-refractivity contribution >= 4 is 28.2 Å². The Hall–Kier alpha value is -4.12. The van der Waals surface area contributed by atoms with E-state index < -0.39 is 11.9 Å². The van der Waals surface area contributed by atoms with Gasteiger partial charge in [-0.15, -0.1) is 11.3 Å². The molecule has 0 bridgehead atoms. The molecule has 0 spiro atoms. The number of methoxy groups -OCH3 is 2. The van der Waals surface area contributed by atoms with E-state index in [1.807, 2.05) is 0 Å². The maximum absolute atomic E-state index is 12.3. The van der Waals surface area contributed by atoms with Crippen LogP contribution in [0, 0.1) is 0 Å². The minimum atomic E-state index is -0.584. The summed E-state index contributed by atoms with van der Waals surface area (Å²) in [5.41, 5.74) is 0.652. The smallest absolute Gasteiger partial charge is 0.348 e. The Balaban J connectivity index is 1.36. The standard InChI is InChI=1S/C21H17N3O7S/c1-27-13-6-5-12(10-15(13)28-2)19-22-17(31-24-19)11-30-21(26)16-7-8-18(32-16)23-20(25)14-4-3-9-29-14/h3-10H,11H2,1-2H3,(H,23,25). The van der Waals surface area contributed by atoms with E-state index in [-0.39, 0.29) is 18.3 Å². The molecule has 0 aliphatic heterocycles. The summed E-state index contributed by atoms with van der Waals surface area (Å²) in [6.07, 6.45) is 1.40. The molecule has 1 N–H and O–H groups in total. The van der Waals surface area contributed by atoms with Crippen molar-refractivity contribution in [3.05, 3.63) is 65.3 Å². The second-order valence-corrected chi connectivity index (χ2v) is 7.34. The molecule has 11 heteroatoms. The van der Waals surface area contributed by atoms with E-state index in [0.29, 0.717) is 32.8 Å². The molecule has 4 rings (SSSR count). The normalized spacial score (nSPS) is 10.6. The van der Waals surface area contributed by atoms with Gasteiger partial charge >= 0.3 is 5.97 Å². The van der Waals surface area contributed by atoms with Crippen molar-refractivity contribution in [2.45, 2.75) is 6.61 Å². The topological polar surface area (TPSA) is 126 Å². The fraction of sp³-hybridized carbons (Fsp3) is 0.143. The zero-order chi connectivity index (χ0) is 22.5. The number of carbonyl (C=O) groups excluding carboxylic acids is 2. The van der Waals surface area contributed by atoms with Crippen LogP contribution in [0.2, 0.25) is 0 Å². The van der Waals surface area contributed by atoms with Crippen LogP contribution >= 0.6 is 11.3 Å². The number of hydrogen-bond acceptors (Lipinski definition) is 10. The first-order chi connectivity index (χ1) is 15.6. The second kappa shape index (κ2) is 9.35. The lowest BCUT2D eigenvalue weighted by atomic mass is 10.2. The van der Waals surface area contributed by atoms with Crippen LogP contribution in [0.3, 0.4) is 0 Å². The Labute approximate surface area is 185 Å². The first-order valence-corrected chi connectivity index (χ1v) is 10.1. The van der Waals surface area contributed by atoms with E-state index in [4.69, 9.17) is 23.2 Å². The molecule has 32 heavy (non-hydrogen) atoms. The van der Waals surface area contributed by atoms with Crippen molar-refractivity contribution < 1.29 is 32.7 Å². The molecule has 0 atom stereocenters. The van der Waals surface area contributed by atoms with Crippen molar-refractivity contribution in [2.75, 3.05) is 19.5 Å². The lowest BCUT2D eigenvalue weighted by Gasteiger charge is -2.07. The maximum Gasteiger partial charge on any atom is 0.348 e. The minimum absolute atomic E-state index is 0.131. The lowest BCUT2D eigenvalue weighted by Crippen LogP contribution is -2.09. The van der Waals surface area contributed by atoms with Crippen molar-refractivity contribution in [3.63, 3.8) is 0 Å². The van der Waals surface area contributed by atoms with Crippen LogP contribution in [0.25, 0.3) is 11.4 Å². The lowest BCUT2D eigenvalue weighted by molar-refractivity contribution is 0.0435. The third kappa shape index (κ3) is 4.62. The van der Waals surface area contributed by atoms with Crippen LogP contribution in [-0.4, -0.2) is 36.2 Å². The van der Waals surface area contributed by atoms with E-state index >= 15 is 0 Å². The molecule has 3 heterocycles. The van der Waals surface area contributed by atoms with Gasteiger partial charge in [0.15, 0.2) is 23.9 Å². The molecular weight excluding hydrogens is 438 g/mol. The number of carbonyl (C=O) groups is 2. The summed E-state index contributed by atoms with van der Waals surface area (Å²) in [5.74, 6) is 0.718. The van der Waals surface area contributed by atoms with Gasteiger partial charge in [-0.3, -0.25) is 4.79 Å². The Kier molecular flexibility index (Phi) is 6.17. The van der Waals surface area contributed by atoms with E-state index in [1.165, 1.54) is 13.4 Å². The average molecular weight is 455 g/mol. The SMILES string of the molecule is COc1ccc(-c2noc(COC(=O)c3ccc(NC(=O)c4ccco4)s3)n2)cc1OC. The van der Waals surface area contributed by atoms with Gasteiger partial charge in [0.05, 0.1) is 25.5 Å². The first kappa shape index (κ1) is 21.1. The summed E-state index contributed by atoms with van der Waals surface area (Å²) in [4.78, 5) is 28.9. The van der Waals surface area contributed by atoms with Crippen LogP contribution in [0.5, 0.6) is 11.5 Å². The van der Waals surface area contributed by atoms with Gasteiger partial charge in [-0.2, -0.15) is 4.98 Å². The monoisotopic (exact) mass is 455 g/mol. The fourth-order valence-electron chi connectivity index (χ4n) is 2.70. The summed E-state index contributed by atoms with van der Waals surface area (Å²) in [6, 6.07) is 11.5. The molecule has 1 aromatic carbocycles. The Bertz CT molecular complexity index is 1230. The Morgan fingerprint density at radius 1 is 1.09 bits per heavy atom. The number of rotatable bonds is 8.